The average Bonchev–Trinajstić information content (AvgIpc) is 1.60. The van der Waals surface area contributed by atoms with Gasteiger partial charge in [-0.05, 0) is 157 Å². The molecule has 13 N–H and O–H groups in total. The van der Waals surface area contributed by atoms with Gasteiger partial charge in [-0.1, -0.05) is 70.2 Å². The van der Waals surface area contributed by atoms with Crippen molar-refractivity contribution >= 4 is 81.9 Å². The first-order chi connectivity index (χ1) is 50.7. The van der Waals surface area contributed by atoms with Crippen LogP contribution in [0.2, 0.25) is 0 Å². The van der Waals surface area contributed by atoms with E-state index in [0.29, 0.717) is 95.0 Å². The molecule has 106 heavy (non-hydrogen) atoms. The van der Waals surface area contributed by atoms with Crippen molar-refractivity contribution < 1.29 is 61.9 Å². The number of rotatable bonds is 19. The van der Waals surface area contributed by atoms with Crippen LogP contribution in [0.4, 0.5) is 26.2 Å². The Morgan fingerprint density at radius 2 is 0.915 bits per heavy atom. The van der Waals surface area contributed by atoms with E-state index in [1.165, 1.54) is 47.3 Å². The van der Waals surface area contributed by atoms with Crippen LogP contribution < -0.4 is 36.7 Å². The number of likely N-dealkylation sites (tertiary alicyclic amines) is 1. The van der Waals surface area contributed by atoms with Crippen LogP contribution in [0.25, 0.3) is 33.5 Å². The second kappa shape index (κ2) is 29.4. The van der Waals surface area contributed by atoms with Gasteiger partial charge < -0.3 is 41.5 Å². The van der Waals surface area contributed by atoms with Gasteiger partial charge in [0.25, 0.3) is 0 Å². The topological polar surface area (TPSA) is 490 Å². The maximum absolute atomic E-state index is 13.5. The first-order valence-electron chi connectivity index (χ1n) is 35.3. The molecule has 9 aromatic rings. The molecule has 4 saturated carbocycles. The monoisotopic (exact) mass is 1520 g/mol. The molecule has 40 heteroatoms. The number of aliphatic hydroxyl groups is 3. The minimum Gasteiger partial charge on any atom is -0.393 e. The molecule has 0 radical (unpaired) electrons. The SMILES string of the molecule is CN1CCC2(CC1)C[C@H](Nc1ncnc3c1nnn3C1CC(O)C(COS(N)(=O)=O)C1)c1ccccc12.NS(=O)(=O)OCC1CC(n2nnc3c(N[C@@H]4C[C@H]4c4ccc(F)c(F)c4)ncnc32)CC1O.NS(=O)(=O)OCC1CC(n2nnc3c(N[C@H]4CC5(CCNCC5)c5ccccc54)ncnc32)CC1O. The van der Waals surface area contributed by atoms with Crippen molar-refractivity contribution in [2.24, 2.45) is 33.2 Å². The van der Waals surface area contributed by atoms with E-state index in [1.54, 1.807) is 20.1 Å². The Bertz CT molecular complexity index is 5070. The molecule has 13 atom stereocenters. The smallest absolute Gasteiger partial charge is 0.333 e. The van der Waals surface area contributed by atoms with Crippen molar-refractivity contribution in [1.82, 2.24) is 85.1 Å². The van der Waals surface area contributed by atoms with Crippen LogP contribution in [0.15, 0.2) is 85.7 Å². The van der Waals surface area contributed by atoms with E-state index in [-0.39, 0.29) is 84.7 Å². The minimum atomic E-state index is -4.10. The zero-order valence-corrected chi connectivity index (χ0v) is 60.1. The van der Waals surface area contributed by atoms with Gasteiger partial charge in [0.2, 0.25) is 0 Å². The first-order valence-corrected chi connectivity index (χ1v) is 39.7. The molecular formula is C66H83F2N23O12S3. The van der Waals surface area contributed by atoms with E-state index in [4.69, 9.17) is 23.8 Å². The second-order valence-electron chi connectivity index (χ2n) is 29.3. The Kier molecular flexibility index (Phi) is 20.3. The number of anilines is 3. The number of aliphatic hydroxyl groups excluding tert-OH is 3. The van der Waals surface area contributed by atoms with Gasteiger partial charge in [0.15, 0.2) is 62.6 Å². The van der Waals surface area contributed by atoms with Gasteiger partial charge in [-0.2, -0.15) is 25.3 Å². The van der Waals surface area contributed by atoms with Gasteiger partial charge in [-0.15, -0.1) is 15.3 Å². The molecule has 9 unspecified atom stereocenters. The van der Waals surface area contributed by atoms with Crippen LogP contribution in [0.5, 0.6) is 0 Å². The number of nitrogens with two attached hydrogens (primary N) is 3. The lowest BCUT2D eigenvalue weighted by atomic mass is 9.74. The van der Waals surface area contributed by atoms with Gasteiger partial charge in [0.05, 0.1) is 68.3 Å². The molecule has 8 heterocycles. The lowest BCUT2D eigenvalue weighted by molar-refractivity contribution is 0.0997. The predicted molar refractivity (Wildman–Crippen MR) is 378 cm³/mol. The Morgan fingerprint density at radius 3 is 1.32 bits per heavy atom. The summed E-state index contributed by atoms with van der Waals surface area (Å²) in [5, 5.41) is 85.9. The van der Waals surface area contributed by atoms with E-state index in [2.05, 4.69) is 147 Å². The molecule has 0 amide bonds. The van der Waals surface area contributed by atoms with Crippen LogP contribution in [-0.2, 0) is 54.3 Å². The summed E-state index contributed by atoms with van der Waals surface area (Å²) >= 11 is 0. The molecule has 2 spiro atoms. The zero-order chi connectivity index (χ0) is 74.0. The number of piperidine rings is 2. The molecule has 6 aliphatic carbocycles. The number of hydrogen-bond acceptors (Lipinski definition) is 29. The standard InChI is InChI=1S/C24H32N8O4S.C23H30N8O4S.C19H21F2N7O4S/c1-31-8-6-24(7-9-31)12-19(17-4-2-3-5-18(17)24)28-22-21-23(27-14-26-22)32(30-29-21)16-10-15(20(33)11-16)13-36-37(25,34)35;24-36(33,34)35-12-14-9-15(10-19(14)32)31-22-20(29-30-31)21(26-13-27-22)28-18-11-23(5-7-25-8-6-23)17-4-2-1-3-16(17)18;20-13-2-1-9(4-14(13)21)12-6-15(12)25-18-17-19(24-8-23-18)28(27-26-17)11-3-10(16(29)5-11)7-32-33(22,30)31/h2-5,14-16,19-20,33H,6-13H2,1H3,(H2,25,34,35)(H,26,27,28);1-4,13-15,18-19,25,32H,5-12H2,(H2,24,33,34)(H,26,27,28);1-2,4,8,10-12,15-16,29H,3,5-7H2,(H2,22,30,31)(H,23,24,25)/t15?,16?,19-,20?;14?,15?,18-,19?;10?,11?,12-,15+,16?/m000/s1. The summed E-state index contributed by atoms with van der Waals surface area (Å²) in [6, 6.07) is 20.8. The number of aromatic nitrogens is 15. The summed E-state index contributed by atoms with van der Waals surface area (Å²) in [6.07, 6.45) is 11.7. The summed E-state index contributed by atoms with van der Waals surface area (Å²) in [7, 11) is -10.0. The second-order valence-corrected chi connectivity index (χ2v) is 33.0. The summed E-state index contributed by atoms with van der Waals surface area (Å²) in [5.74, 6) is -1.22. The third-order valence-corrected chi connectivity index (χ3v) is 24.1. The van der Waals surface area contributed by atoms with Gasteiger partial charge in [0.1, 0.15) is 19.0 Å². The van der Waals surface area contributed by atoms with Crippen molar-refractivity contribution in [2.45, 2.75) is 155 Å². The number of halogens is 2. The summed E-state index contributed by atoms with van der Waals surface area (Å²) in [6.45, 7) is 3.63. The number of nitrogens with one attached hydrogen (secondary N) is 4. The summed E-state index contributed by atoms with van der Waals surface area (Å²) < 4.78 is 113. The summed E-state index contributed by atoms with van der Waals surface area (Å²) in [5.41, 5.74) is 9.68. The lowest BCUT2D eigenvalue weighted by Crippen LogP contribution is -2.39. The highest BCUT2D eigenvalue weighted by molar-refractivity contribution is 7.84. The van der Waals surface area contributed by atoms with E-state index in [9.17, 15) is 49.4 Å². The number of benzene rings is 3. The van der Waals surface area contributed by atoms with Crippen molar-refractivity contribution in [1.29, 1.82) is 0 Å². The molecule has 2 saturated heterocycles. The molecule has 6 aromatic heterocycles. The van der Waals surface area contributed by atoms with E-state index in [0.717, 1.165) is 77.2 Å². The number of nitrogens with zero attached hydrogens (tertiary/aromatic N) is 16. The van der Waals surface area contributed by atoms with Crippen LogP contribution >= 0.6 is 0 Å². The maximum atomic E-state index is 13.5. The van der Waals surface area contributed by atoms with Crippen molar-refractivity contribution in [3.05, 3.63) is 125 Å². The van der Waals surface area contributed by atoms with Gasteiger partial charge in [0, 0.05) is 40.5 Å². The van der Waals surface area contributed by atoms with Crippen LogP contribution in [0.3, 0.4) is 0 Å². The van der Waals surface area contributed by atoms with Crippen molar-refractivity contribution in [3.63, 3.8) is 0 Å². The van der Waals surface area contributed by atoms with Crippen molar-refractivity contribution in [3.8, 4) is 0 Å². The zero-order valence-electron chi connectivity index (χ0n) is 57.6. The van der Waals surface area contributed by atoms with Gasteiger partial charge in [-0.25, -0.2) is 68.1 Å². The highest BCUT2D eigenvalue weighted by Gasteiger charge is 2.48. The number of hydrogen-bond donors (Lipinski definition) is 10. The molecule has 566 valence electrons. The Hall–Kier alpha value is -8.23. The largest absolute Gasteiger partial charge is 0.393 e. The Balaban J connectivity index is 0.000000128. The molecule has 6 fully saturated rings. The third kappa shape index (κ3) is 15.5. The van der Waals surface area contributed by atoms with E-state index < -0.39 is 66.8 Å². The van der Waals surface area contributed by atoms with Crippen LogP contribution in [0, 0.1) is 29.4 Å². The third-order valence-electron chi connectivity index (χ3n) is 22.7. The maximum Gasteiger partial charge on any atom is 0.333 e. The van der Waals surface area contributed by atoms with E-state index in [1.807, 2.05) is 0 Å². The molecular weight excluding hydrogens is 1440 g/mol. The van der Waals surface area contributed by atoms with E-state index >= 15 is 0 Å². The molecule has 35 nitrogen and oxygen atoms in total. The quantitative estimate of drug-likeness (QED) is 0.0555. The molecule has 2 aliphatic heterocycles. The van der Waals surface area contributed by atoms with Gasteiger partial charge in [-0.3, -0.25) is 12.5 Å². The fourth-order valence-corrected chi connectivity index (χ4v) is 18.3. The minimum absolute atomic E-state index is 0.0183. The fourth-order valence-electron chi connectivity index (χ4n) is 17.2. The van der Waals surface area contributed by atoms with Crippen LogP contribution in [-0.4, -0.2) is 198 Å². The molecule has 3 aromatic carbocycles. The lowest BCUT2D eigenvalue weighted by Gasteiger charge is -2.39. The summed E-state index contributed by atoms with van der Waals surface area (Å²) in [4.78, 5) is 28.8. The Labute approximate surface area is 608 Å². The Morgan fingerprint density at radius 1 is 0.519 bits per heavy atom. The number of fused-ring (bicyclic) bond motifs is 7. The first kappa shape index (κ1) is 73.3. The highest BCUT2D eigenvalue weighted by Crippen LogP contribution is 2.54. The average molecular weight is 1520 g/mol. The van der Waals surface area contributed by atoms with Gasteiger partial charge >= 0.3 is 30.9 Å². The molecule has 17 rings (SSSR count). The normalized spacial score (nSPS) is 27.5. The van der Waals surface area contributed by atoms with Crippen LogP contribution in [0.1, 0.15) is 147 Å². The van der Waals surface area contributed by atoms with Crippen molar-refractivity contribution in [2.75, 3.05) is 69.0 Å². The molecule has 8 aliphatic rings. The fraction of sp³-hybridized carbons (Fsp3) is 0.545. The predicted octanol–water partition coefficient (Wildman–Crippen LogP) is 3.20. The molecule has 0 bridgehead atoms. The highest BCUT2D eigenvalue weighted by atomic mass is 32.2.